The third-order valence-corrected chi connectivity index (χ3v) is 3.61. The van der Waals surface area contributed by atoms with E-state index in [1.54, 1.807) is 12.1 Å². The summed E-state index contributed by atoms with van der Waals surface area (Å²) in [6.45, 7) is 5.46. The number of aromatic nitrogens is 2. The number of nitrogens with zero attached hydrogens (tertiary/aromatic N) is 3. The minimum absolute atomic E-state index is 0.0732. The maximum absolute atomic E-state index is 10.8. The molecule has 0 bridgehead atoms. The molecular formula is C12H14N4O2S. The van der Waals surface area contributed by atoms with Crippen LogP contribution in [0.1, 0.15) is 17.5 Å². The topological polar surface area (TPSA) is 81.0 Å². The van der Waals surface area contributed by atoms with Gasteiger partial charge in [-0.25, -0.2) is 0 Å². The first-order chi connectivity index (χ1) is 9.11. The van der Waals surface area contributed by atoms with E-state index in [-0.39, 0.29) is 5.69 Å². The molecule has 0 amide bonds. The van der Waals surface area contributed by atoms with E-state index >= 15 is 0 Å². The maximum atomic E-state index is 10.8. The molecule has 0 unspecified atom stereocenters. The van der Waals surface area contributed by atoms with Crippen molar-refractivity contribution in [2.45, 2.75) is 20.4 Å². The van der Waals surface area contributed by atoms with Crippen molar-refractivity contribution in [3.05, 3.63) is 38.9 Å². The summed E-state index contributed by atoms with van der Waals surface area (Å²) in [5, 5.41) is 23.8. The van der Waals surface area contributed by atoms with Crippen LogP contribution < -0.4 is 5.32 Å². The number of nitro benzene ring substituents is 1. The van der Waals surface area contributed by atoms with E-state index in [1.807, 2.05) is 13.8 Å². The van der Waals surface area contributed by atoms with Gasteiger partial charge in [0, 0.05) is 24.2 Å². The van der Waals surface area contributed by atoms with Crippen LogP contribution in [0.2, 0.25) is 0 Å². The number of hydrogen-bond donors (Lipinski definition) is 1. The molecular weight excluding hydrogens is 264 g/mol. The highest BCUT2D eigenvalue weighted by atomic mass is 32.1. The molecule has 1 N–H and O–H groups in total. The Balaban J connectivity index is 2.32. The number of non-ortho nitro benzene ring substituents is 1. The summed E-state index contributed by atoms with van der Waals surface area (Å²) in [7, 11) is 0. The molecule has 0 atom stereocenters. The van der Waals surface area contributed by atoms with Crippen LogP contribution in [0.15, 0.2) is 18.2 Å². The van der Waals surface area contributed by atoms with Crippen LogP contribution in [0, 0.1) is 17.0 Å². The zero-order valence-electron chi connectivity index (χ0n) is 10.7. The number of hydrogen-bond acceptors (Lipinski definition) is 6. The van der Waals surface area contributed by atoms with Gasteiger partial charge in [-0.05, 0) is 19.0 Å². The van der Waals surface area contributed by atoms with E-state index < -0.39 is 4.92 Å². The molecule has 1 aromatic heterocycles. The largest absolute Gasteiger partial charge is 0.311 e. The van der Waals surface area contributed by atoms with Crippen molar-refractivity contribution < 1.29 is 4.92 Å². The molecule has 7 heteroatoms. The van der Waals surface area contributed by atoms with Gasteiger partial charge in [-0.1, -0.05) is 24.3 Å². The highest BCUT2D eigenvalue weighted by molar-refractivity contribution is 7.14. The second kappa shape index (κ2) is 5.85. The number of nitro groups is 1. The highest BCUT2D eigenvalue weighted by Gasteiger charge is 2.13. The minimum atomic E-state index is -0.399. The van der Waals surface area contributed by atoms with Crippen molar-refractivity contribution in [3.63, 3.8) is 0 Å². The summed E-state index contributed by atoms with van der Waals surface area (Å²) in [6.07, 6.45) is 0. The van der Waals surface area contributed by atoms with Gasteiger partial charge in [0.1, 0.15) is 10.0 Å². The predicted octanol–water partition coefficient (Wildman–Crippen LogP) is 2.53. The van der Waals surface area contributed by atoms with Crippen LogP contribution in [0.3, 0.4) is 0 Å². The summed E-state index contributed by atoms with van der Waals surface area (Å²) in [5.41, 5.74) is 1.80. The van der Waals surface area contributed by atoms with E-state index in [4.69, 9.17) is 0 Å². The molecule has 0 spiro atoms. The van der Waals surface area contributed by atoms with E-state index in [2.05, 4.69) is 15.5 Å². The smallest absolute Gasteiger partial charge is 0.270 e. The zero-order chi connectivity index (χ0) is 13.8. The summed E-state index contributed by atoms with van der Waals surface area (Å²) >= 11 is 1.45. The summed E-state index contributed by atoms with van der Waals surface area (Å²) in [6, 6.07) is 4.78. The summed E-state index contributed by atoms with van der Waals surface area (Å²) in [5.74, 6) is 0. The Labute approximate surface area is 114 Å². The fraction of sp³-hybridized carbons (Fsp3) is 0.333. The van der Waals surface area contributed by atoms with Gasteiger partial charge in [0.2, 0.25) is 0 Å². The Morgan fingerprint density at radius 1 is 1.42 bits per heavy atom. The fourth-order valence-electron chi connectivity index (χ4n) is 1.62. The lowest BCUT2D eigenvalue weighted by Gasteiger charge is -2.01. The van der Waals surface area contributed by atoms with Gasteiger partial charge in [0.25, 0.3) is 5.69 Å². The minimum Gasteiger partial charge on any atom is -0.311 e. The quantitative estimate of drug-likeness (QED) is 0.671. The van der Waals surface area contributed by atoms with Crippen LogP contribution in [0.4, 0.5) is 5.69 Å². The van der Waals surface area contributed by atoms with Crippen molar-refractivity contribution in [2.75, 3.05) is 6.54 Å². The van der Waals surface area contributed by atoms with Crippen molar-refractivity contribution in [1.82, 2.24) is 15.5 Å². The summed E-state index contributed by atoms with van der Waals surface area (Å²) < 4.78 is 0. The van der Waals surface area contributed by atoms with Crippen LogP contribution in [-0.4, -0.2) is 21.7 Å². The molecule has 100 valence electrons. The van der Waals surface area contributed by atoms with Crippen molar-refractivity contribution in [1.29, 1.82) is 0 Å². The molecule has 0 saturated carbocycles. The standard InChI is InChI=1S/C12H14N4O2S/c1-3-13-7-11-14-15-12(19-11)10-6-9(16(17)18)5-4-8(10)2/h4-6,13H,3,7H2,1-2H3. The van der Waals surface area contributed by atoms with Crippen molar-refractivity contribution in [3.8, 4) is 10.6 Å². The van der Waals surface area contributed by atoms with Gasteiger partial charge >= 0.3 is 0 Å². The van der Waals surface area contributed by atoms with E-state index in [9.17, 15) is 10.1 Å². The lowest BCUT2D eigenvalue weighted by atomic mass is 10.1. The number of nitrogens with one attached hydrogen (secondary N) is 1. The van der Waals surface area contributed by atoms with E-state index in [0.717, 1.165) is 22.7 Å². The van der Waals surface area contributed by atoms with Crippen molar-refractivity contribution in [2.24, 2.45) is 0 Å². The second-order valence-corrected chi connectivity index (χ2v) is 5.10. The first-order valence-corrected chi connectivity index (χ1v) is 6.72. The number of aryl methyl sites for hydroxylation is 1. The number of rotatable bonds is 5. The first kappa shape index (κ1) is 13.6. The zero-order valence-corrected chi connectivity index (χ0v) is 11.5. The number of benzene rings is 1. The maximum Gasteiger partial charge on any atom is 0.270 e. The monoisotopic (exact) mass is 278 g/mol. The molecule has 6 nitrogen and oxygen atoms in total. The van der Waals surface area contributed by atoms with Gasteiger partial charge < -0.3 is 5.32 Å². The van der Waals surface area contributed by atoms with E-state index in [1.165, 1.54) is 17.4 Å². The molecule has 0 aliphatic carbocycles. The van der Waals surface area contributed by atoms with Gasteiger partial charge in [-0.3, -0.25) is 10.1 Å². The van der Waals surface area contributed by atoms with Gasteiger partial charge in [0.15, 0.2) is 0 Å². The Morgan fingerprint density at radius 2 is 2.21 bits per heavy atom. The Morgan fingerprint density at radius 3 is 2.89 bits per heavy atom. The fourth-order valence-corrected chi connectivity index (χ4v) is 2.51. The van der Waals surface area contributed by atoms with E-state index in [0.29, 0.717) is 11.6 Å². The highest BCUT2D eigenvalue weighted by Crippen LogP contribution is 2.29. The lowest BCUT2D eigenvalue weighted by molar-refractivity contribution is -0.384. The summed E-state index contributed by atoms with van der Waals surface area (Å²) in [4.78, 5) is 10.4. The molecule has 1 heterocycles. The molecule has 0 saturated heterocycles. The predicted molar refractivity (Wildman–Crippen MR) is 74.1 cm³/mol. The van der Waals surface area contributed by atoms with Crippen LogP contribution >= 0.6 is 11.3 Å². The normalized spacial score (nSPS) is 10.6. The molecule has 1 aromatic carbocycles. The first-order valence-electron chi connectivity index (χ1n) is 5.90. The van der Waals surface area contributed by atoms with Crippen LogP contribution in [0.5, 0.6) is 0 Å². The molecule has 0 radical (unpaired) electrons. The Hall–Kier alpha value is -1.86. The molecule has 0 fully saturated rings. The molecule has 2 rings (SSSR count). The second-order valence-electron chi connectivity index (χ2n) is 4.04. The SMILES string of the molecule is CCNCc1nnc(-c2cc([N+](=O)[O-])ccc2C)s1. The van der Waals surface area contributed by atoms with Crippen LogP contribution in [0.25, 0.3) is 10.6 Å². The Bertz CT molecular complexity index is 597. The van der Waals surface area contributed by atoms with Gasteiger partial charge in [-0.15, -0.1) is 10.2 Å². The molecule has 0 aliphatic rings. The molecule has 19 heavy (non-hydrogen) atoms. The van der Waals surface area contributed by atoms with Crippen LogP contribution in [-0.2, 0) is 6.54 Å². The molecule has 0 aliphatic heterocycles. The van der Waals surface area contributed by atoms with Gasteiger partial charge in [0.05, 0.1) is 4.92 Å². The third-order valence-electron chi connectivity index (χ3n) is 2.66. The average Bonchev–Trinajstić information content (AvgIpc) is 2.85. The average molecular weight is 278 g/mol. The Kier molecular flexibility index (Phi) is 4.18. The lowest BCUT2D eigenvalue weighted by Crippen LogP contribution is -2.11. The third kappa shape index (κ3) is 3.12. The molecule has 2 aromatic rings. The van der Waals surface area contributed by atoms with Gasteiger partial charge in [-0.2, -0.15) is 0 Å². The van der Waals surface area contributed by atoms with Crippen molar-refractivity contribution >= 4 is 17.0 Å².